The summed E-state index contributed by atoms with van der Waals surface area (Å²) in [5, 5.41) is 17.3. The highest BCUT2D eigenvalue weighted by Crippen LogP contribution is 2.22. The van der Waals surface area contributed by atoms with Gasteiger partial charge in [-0.25, -0.2) is 0 Å². The number of aryl methyl sites for hydroxylation is 2. The van der Waals surface area contributed by atoms with Crippen LogP contribution in [0.25, 0.3) is 0 Å². The lowest BCUT2D eigenvalue weighted by atomic mass is 10.0. The smallest absolute Gasteiger partial charge is 0.263 e. The molecule has 0 saturated carbocycles. The van der Waals surface area contributed by atoms with Gasteiger partial charge < -0.3 is 14.6 Å². The molecule has 24 heavy (non-hydrogen) atoms. The number of rotatable bonds is 3. The van der Waals surface area contributed by atoms with E-state index in [1.165, 1.54) is 4.57 Å². The van der Waals surface area contributed by atoms with Crippen LogP contribution in [-0.2, 0) is 13.5 Å². The number of β-amino-alcohol motifs (C(OH)–C–C–N with tert-alkyl or cyclic N) is 1. The number of aliphatic hydroxyl groups excluding tert-OH is 1. The second-order valence-corrected chi connectivity index (χ2v) is 6.54. The molecule has 1 amide bonds. The van der Waals surface area contributed by atoms with E-state index in [9.17, 15) is 14.7 Å². The molecule has 0 radical (unpaired) electrons. The summed E-state index contributed by atoms with van der Waals surface area (Å²) in [4.78, 5) is 26.5. The van der Waals surface area contributed by atoms with Crippen molar-refractivity contribution in [2.75, 3.05) is 13.1 Å². The molecule has 2 N–H and O–H groups in total. The van der Waals surface area contributed by atoms with Crippen LogP contribution in [0.3, 0.4) is 0 Å². The van der Waals surface area contributed by atoms with Gasteiger partial charge in [0.25, 0.3) is 11.5 Å². The monoisotopic (exact) mass is 330 g/mol. The van der Waals surface area contributed by atoms with Crippen molar-refractivity contribution in [1.82, 2.24) is 19.7 Å². The number of amides is 1. The van der Waals surface area contributed by atoms with Gasteiger partial charge in [0.1, 0.15) is 5.56 Å². The number of nitrogens with zero attached hydrogens (tertiary/aromatic N) is 3. The van der Waals surface area contributed by atoms with Gasteiger partial charge in [0.05, 0.1) is 11.8 Å². The van der Waals surface area contributed by atoms with Gasteiger partial charge in [0.2, 0.25) is 0 Å². The fourth-order valence-electron chi connectivity index (χ4n) is 3.13. The summed E-state index contributed by atoms with van der Waals surface area (Å²) in [5.41, 5.74) is 2.47. The van der Waals surface area contributed by atoms with Gasteiger partial charge in [0.15, 0.2) is 0 Å². The number of aromatic nitrogens is 3. The Labute approximate surface area is 139 Å². The first kappa shape index (κ1) is 16.4. The standard InChI is InChI=1S/C17H22N4O3/c1-10-6-13(19-18-10)7-12-8-21(9-15(12)22)17(24)14-5-4-11(2)20(3)16(14)23/h4-6,12,15,22H,7-9H2,1-3H3,(H,18,19)/t12-,15-/m1/s1. The molecule has 2 aromatic heterocycles. The van der Waals surface area contributed by atoms with Crippen molar-refractivity contribution in [3.63, 3.8) is 0 Å². The molecule has 128 valence electrons. The summed E-state index contributed by atoms with van der Waals surface area (Å²) in [7, 11) is 1.65. The van der Waals surface area contributed by atoms with E-state index in [4.69, 9.17) is 0 Å². The van der Waals surface area contributed by atoms with Crippen molar-refractivity contribution in [3.8, 4) is 0 Å². The van der Waals surface area contributed by atoms with Crippen molar-refractivity contribution in [2.24, 2.45) is 13.0 Å². The first-order valence-corrected chi connectivity index (χ1v) is 8.01. The van der Waals surface area contributed by atoms with Crippen LogP contribution < -0.4 is 5.56 Å². The Kier molecular flexibility index (Phi) is 4.28. The highest BCUT2D eigenvalue weighted by atomic mass is 16.3. The number of carbonyl (C=O) groups is 1. The van der Waals surface area contributed by atoms with E-state index in [0.717, 1.165) is 17.1 Å². The Bertz CT molecular complexity index is 823. The van der Waals surface area contributed by atoms with Gasteiger partial charge in [-0.1, -0.05) is 0 Å². The van der Waals surface area contributed by atoms with E-state index in [1.807, 2.05) is 19.9 Å². The average molecular weight is 330 g/mol. The van der Waals surface area contributed by atoms with Gasteiger partial charge in [0, 0.05) is 37.4 Å². The highest BCUT2D eigenvalue weighted by molar-refractivity contribution is 5.94. The number of carbonyl (C=O) groups excluding carboxylic acids is 1. The van der Waals surface area contributed by atoms with Gasteiger partial charge in [-0.15, -0.1) is 0 Å². The number of aliphatic hydroxyl groups is 1. The van der Waals surface area contributed by atoms with Crippen LogP contribution in [0, 0.1) is 19.8 Å². The lowest BCUT2D eigenvalue weighted by Crippen LogP contribution is -2.35. The minimum Gasteiger partial charge on any atom is -0.391 e. The van der Waals surface area contributed by atoms with Crippen LogP contribution in [0.1, 0.15) is 27.4 Å². The zero-order valence-electron chi connectivity index (χ0n) is 14.1. The Balaban J connectivity index is 1.75. The molecule has 0 spiro atoms. The van der Waals surface area contributed by atoms with Crippen molar-refractivity contribution < 1.29 is 9.90 Å². The van der Waals surface area contributed by atoms with Crippen LogP contribution in [0.5, 0.6) is 0 Å². The summed E-state index contributed by atoms with van der Waals surface area (Å²) in [6.07, 6.45) is -0.0125. The Morgan fingerprint density at radius 1 is 1.38 bits per heavy atom. The fourth-order valence-corrected chi connectivity index (χ4v) is 3.13. The maximum Gasteiger partial charge on any atom is 0.263 e. The van der Waals surface area contributed by atoms with Crippen molar-refractivity contribution in [3.05, 3.63) is 51.2 Å². The van der Waals surface area contributed by atoms with E-state index < -0.39 is 6.10 Å². The predicted molar refractivity (Wildman–Crippen MR) is 88.8 cm³/mol. The Morgan fingerprint density at radius 3 is 2.79 bits per heavy atom. The van der Waals surface area contributed by atoms with E-state index in [1.54, 1.807) is 24.1 Å². The topological polar surface area (TPSA) is 91.2 Å². The van der Waals surface area contributed by atoms with Gasteiger partial charge in [-0.3, -0.25) is 14.7 Å². The number of pyridine rings is 1. The molecule has 0 aliphatic carbocycles. The van der Waals surface area contributed by atoms with Crippen molar-refractivity contribution in [1.29, 1.82) is 0 Å². The normalized spacial score (nSPS) is 20.6. The van der Waals surface area contributed by atoms with Gasteiger partial charge >= 0.3 is 0 Å². The molecule has 3 heterocycles. The second kappa shape index (κ2) is 6.24. The first-order valence-electron chi connectivity index (χ1n) is 8.01. The number of hydrogen-bond donors (Lipinski definition) is 2. The second-order valence-electron chi connectivity index (χ2n) is 6.54. The molecule has 2 aromatic rings. The summed E-state index contributed by atoms with van der Waals surface area (Å²) in [6.45, 7) is 4.40. The van der Waals surface area contributed by atoms with Crippen molar-refractivity contribution >= 4 is 5.91 Å². The van der Waals surface area contributed by atoms with E-state index in [0.29, 0.717) is 13.0 Å². The van der Waals surface area contributed by atoms with Gasteiger partial charge in [-0.2, -0.15) is 5.10 Å². The third-order valence-electron chi connectivity index (χ3n) is 4.71. The molecule has 7 heteroatoms. The molecule has 0 aromatic carbocycles. The molecular formula is C17H22N4O3. The summed E-state index contributed by atoms with van der Waals surface area (Å²) >= 11 is 0. The SMILES string of the molecule is Cc1cc(C[C@@H]2CN(C(=O)c3ccc(C)n(C)c3=O)C[C@H]2O)n[nH]1. The van der Waals surface area contributed by atoms with Crippen LogP contribution in [-0.4, -0.2) is 49.9 Å². The Morgan fingerprint density at radius 2 is 2.12 bits per heavy atom. The third-order valence-corrected chi connectivity index (χ3v) is 4.71. The largest absolute Gasteiger partial charge is 0.391 e. The molecule has 1 saturated heterocycles. The van der Waals surface area contributed by atoms with E-state index in [2.05, 4.69) is 10.2 Å². The maximum atomic E-state index is 12.7. The molecular weight excluding hydrogens is 308 g/mol. The van der Waals surface area contributed by atoms with Crippen LogP contribution in [0.4, 0.5) is 0 Å². The van der Waals surface area contributed by atoms with Crippen LogP contribution in [0.2, 0.25) is 0 Å². The number of H-pyrrole nitrogens is 1. The zero-order chi connectivity index (χ0) is 17.4. The average Bonchev–Trinajstić information content (AvgIpc) is 3.11. The molecule has 0 unspecified atom stereocenters. The number of nitrogens with one attached hydrogen (secondary N) is 1. The molecule has 1 fully saturated rings. The minimum atomic E-state index is -0.611. The molecule has 7 nitrogen and oxygen atoms in total. The summed E-state index contributed by atoms with van der Waals surface area (Å²) in [6, 6.07) is 5.26. The quantitative estimate of drug-likeness (QED) is 0.852. The van der Waals surface area contributed by atoms with E-state index >= 15 is 0 Å². The van der Waals surface area contributed by atoms with Crippen LogP contribution in [0.15, 0.2) is 23.0 Å². The molecule has 0 bridgehead atoms. The molecule has 2 atom stereocenters. The zero-order valence-corrected chi connectivity index (χ0v) is 14.1. The highest BCUT2D eigenvalue weighted by Gasteiger charge is 2.35. The lowest BCUT2D eigenvalue weighted by Gasteiger charge is -2.16. The molecule has 1 aliphatic heterocycles. The molecule has 3 rings (SSSR count). The van der Waals surface area contributed by atoms with Crippen LogP contribution >= 0.6 is 0 Å². The summed E-state index contributed by atoms with van der Waals surface area (Å²) < 4.78 is 1.46. The predicted octanol–water partition coefficient (Wildman–Crippen LogP) is 0.401. The maximum absolute atomic E-state index is 12.7. The van der Waals surface area contributed by atoms with Crippen molar-refractivity contribution in [2.45, 2.75) is 26.4 Å². The Hall–Kier alpha value is -2.41. The third kappa shape index (κ3) is 2.99. The minimum absolute atomic E-state index is 0.0778. The number of aromatic amines is 1. The number of hydrogen-bond acceptors (Lipinski definition) is 4. The fraction of sp³-hybridized carbons (Fsp3) is 0.471. The number of likely N-dealkylation sites (tertiary alicyclic amines) is 1. The molecule has 1 aliphatic rings. The van der Waals surface area contributed by atoms with E-state index in [-0.39, 0.29) is 29.5 Å². The lowest BCUT2D eigenvalue weighted by molar-refractivity contribution is 0.0762. The first-order chi connectivity index (χ1) is 11.4. The summed E-state index contributed by atoms with van der Waals surface area (Å²) in [5.74, 6) is -0.402. The van der Waals surface area contributed by atoms with Gasteiger partial charge in [-0.05, 0) is 38.5 Å².